The fourth-order valence-electron chi connectivity index (χ4n) is 1.80. The fraction of sp³-hybridized carbons (Fsp3) is 0.308. The van der Waals surface area contributed by atoms with Gasteiger partial charge in [0, 0.05) is 17.5 Å². The van der Waals surface area contributed by atoms with Crippen LogP contribution >= 0.6 is 0 Å². The van der Waals surface area contributed by atoms with Crippen LogP contribution in [0.3, 0.4) is 0 Å². The molecule has 1 aromatic carbocycles. The van der Waals surface area contributed by atoms with Crippen molar-refractivity contribution in [2.75, 3.05) is 0 Å². The highest BCUT2D eigenvalue weighted by molar-refractivity contribution is 7.94. The number of nitrogens with one attached hydrogen (secondary N) is 1. The van der Waals surface area contributed by atoms with E-state index in [-0.39, 0.29) is 17.0 Å². The SMILES string of the molecule is O=C(C=CS(=O)(=O)c1ccccc1)NC1CC(O)C1. The van der Waals surface area contributed by atoms with Crippen LogP contribution in [0.15, 0.2) is 46.7 Å². The number of carbonyl (C=O) groups is 1. The standard InChI is InChI=1S/C13H15NO4S/c15-11-8-10(9-11)14-13(16)6-7-19(17,18)12-4-2-1-3-5-12/h1-7,10-11,15H,8-9H2,(H,14,16). The average Bonchev–Trinajstić information content (AvgIpc) is 2.36. The predicted molar refractivity (Wildman–Crippen MR) is 69.9 cm³/mol. The lowest BCUT2D eigenvalue weighted by Crippen LogP contribution is -2.46. The van der Waals surface area contributed by atoms with Gasteiger partial charge in [-0.3, -0.25) is 4.79 Å². The maximum atomic E-state index is 11.9. The number of carbonyl (C=O) groups excluding carboxylic acids is 1. The number of hydrogen-bond donors (Lipinski definition) is 2. The largest absolute Gasteiger partial charge is 0.393 e. The number of aliphatic hydroxyl groups is 1. The number of aliphatic hydroxyl groups excluding tert-OH is 1. The van der Waals surface area contributed by atoms with E-state index in [0.29, 0.717) is 12.8 Å². The Balaban J connectivity index is 1.96. The molecule has 19 heavy (non-hydrogen) atoms. The molecule has 102 valence electrons. The highest BCUT2D eigenvalue weighted by Gasteiger charge is 2.27. The van der Waals surface area contributed by atoms with E-state index in [1.165, 1.54) is 12.1 Å². The zero-order chi connectivity index (χ0) is 13.9. The van der Waals surface area contributed by atoms with Crippen LogP contribution in [-0.4, -0.2) is 31.6 Å². The third-order valence-electron chi connectivity index (χ3n) is 2.93. The number of hydrogen-bond acceptors (Lipinski definition) is 4. The fourth-order valence-corrected chi connectivity index (χ4v) is 2.79. The first-order chi connectivity index (χ1) is 8.97. The minimum absolute atomic E-state index is 0.0634. The number of amides is 1. The van der Waals surface area contributed by atoms with E-state index >= 15 is 0 Å². The highest BCUT2D eigenvalue weighted by Crippen LogP contribution is 2.19. The average molecular weight is 281 g/mol. The van der Waals surface area contributed by atoms with Crippen LogP contribution in [0.1, 0.15) is 12.8 Å². The summed E-state index contributed by atoms with van der Waals surface area (Å²) in [5.74, 6) is -0.462. The van der Waals surface area contributed by atoms with Crippen molar-refractivity contribution >= 4 is 15.7 Å². The molecule has 0 unspecified atom stereocenters. The Hall–Kier alpha value is -1.66. The molecule has 5 nitrogen and oxygen atoms in total. The second-order valence-corrected chi connectivity index (χ2v) is 6.33. The van der Waals surface area contributed by atoms with Crippen molar-refractivity contribution in [3.05, 3.63) is 41.8 Å². The summed E-state index contributed by atoms with van der Waals surface area (Å²) in [5.41, 5.74) is 0. The van der Waals surface area contributed by atoms with E-state index < -0.39 is 15.7 Å². The normalized spacial score (nSPS) is 23.0. The summed E-state index contributed by atoms with van der Waals surface area (Å²) >= 11 is 0. The molecule has 1 amide bonds. The van der Waals surface area contributed by atoms with Crippen molar-refractivity contribution in [3.8, 4) is 0 Å². The van der Waals surface area contributed by atoms with Gasteiger partial charge in [0.2, 0.25) is 5.91 Å². The van der Waals surface area contributed by atoms with Crippen LogP contribution in [0.4, 0.5) is 0 Å². The molecule has 0 aliphatic heterocycles. The van der Waals surface area contributed by atoms with E-state index in [0.717, 1.165) is 11.5 Å². The molecule has 0 heterocycles. The van der Waals surface area contributed by atoms with Gasteiger partial charge in [-0.2, -0.15) is 0 Å². The van der Waals surface area contributed by atoms with Crippen molar-refractivity contribution in [3.63, 3.8) is 0 Å². The predicted octanol–water partition coefficient (Wildman–Crippen LogP) is 0.614. The molecule has 1 aromatic rings. The van der Waals surface area contributed by atoms with E-state index in [4.69, 9.17) is 5.11 Å². The van der Waals surface area contributed by atoms with Gasteiger partial charge in [0.05, 0.1) is 11.0 Å². The van der Waals surface area contributed by atoms with Crippen molar-refractivity contribution in [1.82, 2.24) is 5.32 Å². The Kier molecular flexibility index (Phi) is 4.01. The molecule has 6 heteroatoms. The Morgan fingerprint density at radius 3 is 2.47 bits per heavy atom. The van der Waals surface area contributed by atoms with E-state index in [9.17, 15) is 13.2 Å². The molecule has 2 N–H and O–H groups in total. The number of sulfone groups is 1. The molecule has 0 bridgehead atoms. The Morgan fingerprint density at radius 1 is 1.26 bits per heavy atom. The quantitative estimate of drug-likeness (QED) is 0.792. The van der Waals surface area contributed by atoms with Gasteiger partial charge >= 0.3 is 0 Å². The van der Waals surface area contributed by atoms with Gasteiger partial charge in [-0.05, 0) is 25.0 Å². The lowest BCUT2D eigenvalue weighted by atomic mass is 9.89. The van der Waals surface area contributed by atoms with Crippen molar-refractivity contribution in [2.45, 2.75) is 29.9 Å². The van der Waals surface area contributed by atoms with E-state index in [2.05, 4.69) is 5.32 Å². The molecule has 0 spiro atoms. The summed E-state index contributed by atoms with van der Waals surface area (Å²) in [6.45, 7) is 0. The smallest absolute Gasteiger partial charge is 0.244 e. The second-order valence-electron chi connectivity index (χ2n) is 4.49. The molecule has 2 rings (SSSR count). The summed E-state index contributed by atoms with van der Waals surface area (Å²) in [6, 6.07) is 7.84. The van der Waals surface area contributed by atoms with E-state index in [1.807, 2.05) is 0 Å². The van der Waals surface area contributed by atoms with Crippen LogP contribution in [0.5, 0.6) is 0 Å². The zero-order valence-corrected chi connectivity index (χ0v) is 11.0. The van der Waals surface area contributed by atoms with Gasteiger partial charge in [-0.25, -0.2) is 8.42 Å². The van der Waals surface area contributed by atoms with Crippen LogP contribution in [0.2, 0.25) is 0 Å². The monoisotopic (exact) mass is 281 g/mol. The first-order valence-corrected chi connectivity index (χ1v) is 7.49. The maximum absolute atomic E-state index is 11.9. The highest BCUT2D eigenvalue weighted by atomic mass is 32.2. The van der Waals surface area contributed by atoms with E-state index in [1.54, 1.807) is 18.2 Å². The molecule has 1 fully saturated rings. The second kappa shape index (κ2) is 5.54. The first-order valence-electron chi connectivity index (χ1n) is 5.94. The molecule has 1 aliphatic rings. The Labute approximate surface area is 111 Å². The van der Waals surface area contributed by atoms with Gasteiger partial charge in [-0.15, -0.1) is 0 Å². The summed E-state index contributed by atoms with van der Waals surface area (Å²) in [5, 5.41) is 12.6. The molecule has 1 saturated carbocycles. The minimum Gasteiger partial charge on any atom is -0.393 e. The molecule has 0 saturated heterocycles. The lowest BCUT2D eigenvalue weighted by molar-refractivity contribution is -0.118. The van der Waals surface area contributed by atoms with Crippen LogP contribution in [0, 0.1) is 0 Å². The van der Waals surface area contributed by atoms with Gasteiger partial charge in [0.1, 0.15) is 0 Å². The molecular weight excluding hydrogens is 266 g/mol. The third kappa shape index (κ3) is 3.65. The van der Waals surface area contributed by atoms with Crippen LogP contribution < -0.4 is 5.32 Å². The Morgan fingerprint density at radius 2 is 1.89 bits per heavy atom. The van der Waals surface area contributed by atoms with Crippen molar-refractivity contribution in [1.29, 1.82) is 0 Å². The molecular formula is C13H15NO4S. The number of benzene rings is 1. The van der Waals surface area contributed by atoms with Crippen molar-refractivity contribution in [2.24, 2.45) is 0 Å². The summed E-state index contributed by atoms with van der Waals surface area (Å²) in [7, 11) is -3.58. The maximum Gasteiger partial charge on any atom is 0.244 e. The summed E-state index contributed by atoms with van der Waals surface area (Å²) in [6.07, 6.45) is 1.69. The Bertz CT molecular complexity index is 574. The van der Waals surface area contributed by atoms with Gasteiger partial charge in [-0.1, -0.05) is 18.2 Å². The third-order valence-corrected chi connectivity index (χ3v) is 4.35. The zero-order valence-electron chi connectivity index (χ0n) is 10.2. The van der Waals surface area contributed by atoms with Crippen molar-refractivity contribution < 1.29 is 18.3 Å². The molecule has 0 aromatic heterocycles. The van der Waals surface area contributed by atoms with Gasteiger partial charge in [0.25, 0.3) is 0 Å². The minimum atomic E-state index is -3.58. The molecule has 0 atom stereocenters. The first kappa shape index (κ1) is 13.8. The topological polar surface area (TPSA) is 83.5 Å². The summed E-state index contributed by atoms with van der Waals surface area (Å²) in [4.78, 5) is 11.6. The van der Waals surface area contributed by atoms with Gasteiger partial charge < -0.3 is 10.4 Å². The number of rotatable bonds is 4. The lowest BCUT2D eigenvalue weighted by Gasteiger charge is -2.31. The molecule has 0 radical (unpaired) electrons. The summed E-state index contributed by atoms with van der Waals surface area (Å²) < 4.78 is 23.7. The van der Waals surface area contributed by atoms with Crippen LogP contribution in [-0.2, 0) is 14.6 Å². The molecule has 1 aliphatic carbocycles. The van der Waals surface area contributed by atoms with Crippen LogP contribution in [0.25, 0.3) is 0 Å². The van der Waals surface area contributed by atoms with Gasteiger partial charge in [0.15, 0.2) is 9.84 Å².